The number of hydrogen-bond acceptors (Lipinski definition) is 3. The Balaban J connectivity index is 3.01. The van der Waals surface area contributed by atoms with Crippen LogP contribution < -0.4 is 10.5 Å². The van der Waals surface area contributed by atoms with E-state index in [-0.39, 0.29) is 0 Å². The molecular formula is C8H12N2O2S. The van der Waals surface area contributed by atoms with Crippen molar-refractivity contribution in [3.8, 4) is 0 Å². The van der Waals surface area contributed by atoms with Gasteiger partial charge in [-0.3, -0.25) is 4.72 Å². The third kappa shape index (κ3) is 3.04. The minimum Gasteiger partial charge on any atom is -0.326 e. The molecule has 0 aliphatic carbocycles. The smallest absolute Gasteiger partial charge is 0.229 e. The Kier molecular flexibility index (Phi) is 2.90. The first-order valence-electron chi connectivity index (χ1n) is 3.78. The molecule has 1 aromatic carbocycles. The molecule has 0 radical (unpaired) electrons. The Hall–Kier alpha value is -1.07. The van der Waals surface area contributed by atoms with E-state index in [0.717, 1.165) is 11.8 Å². The molecular weight excluding hydrogens is 188 g/mol. The molecule has 0 unspecified atom stereocenters. The van der Waals surface area contributed by atoms with Crippen LogP contribution >= 0.6 is 0 Å². The van der Waals surface area contributed by atoms with Crippen molar-refractivity contribution in [1.82, 2.24) is 0 Å². The highest BCUT2D eigenvalue weighted by molar-refractivity contribution is 7.92. The fourth-order valence-corrected chi connectivity index (χ4v) is 1.60. The molecule has 1 aromatic rings. The van der Waals surface area contributed by atoms with Crippen LogP contribution in [0.3, 0.4) is 0 Å². The third-order valence-corrected chi connectivity index (χ3v) is 2.12. The number of hydrogen-bond donors (Lipinski definition) is 2. The Morgan fingerprint density at radius 3 is 2.54 bits per heavy atom. The number of nitrogens with one attached hydrogen (secondary N) is 1. The van der Waals surface area contributed by atoms with Crippen molar-refractivity contribution in [3.63, 3.8) is 0 Å². The SMILES string of the molecule is CS(=O)(=O)Nc1ccccc1CN. The van der Waals surface area contributed by atoms with E-state index in [0.29, 0.717) is 12.2 Å². The van der Waals surface area contributed by atoms with E-state index in [2.05, 4.69) is 4.72 Å². The number of para-hydroxylation sites is 1. The average Bonchev–Trinajstić information content (AvgIpc) is 2.02. The maximum Gasteiger partial charge on any atom is 0.229 e. The van der Waals surface area contributed by atoms with Gasteiger partial charge in [-0.15, -0.1) is 0 Å². The van der Waals surface area contributed by atoms with Gasteiger partial charge in [0.1, 0.15) is 0 Å². The molecule has 1 rings (SSSR count). The van der Waals surface area contributed by atoms with Crippen molar-refractivity contribution in [2.45, 2.75) is 6.54 Å². The summed E-state index contributed by atoms with van der Waals surface area (Å²) in [5, 5.41) is 0. The first-order chi connectivity index (χ1) is 6.03. The number of benzene rings is 1. The summed E-state index contributed by atoms with van der Waals surface area (Å²) in [7, 11) is -3.22. The monoisotopic (exact) mass is 200 g/mol. The zero-order chi connectivity index (χ0) is 9.90. The molecule has 72 valence electrons. The first kappa shape index (κ1) is 10.0. The molecule has 13 heavy (non-hydrogen) atoms. The molecule has 0 atom stereocenters. The van der Waals surface area contributed by atoms with Crippen molar-refractivity contribution in [2.75, 3.05) is 11.0 Å². The highest BCUT2D eigenvalue weighted by Crippen LogP contribution is 2.14. The molecule has 4 nitrogen and oxygen atoms in total. The van der Waals surface area contributed by atoms with Gasteiger partial charge in [0, 0.05) is 6.54 Å². The second kappa shape index (κ2) is 3.76. The zero-order valence-electron chi connectivity index (χ0n) is 7.32. The second-order valence-electron chi connectivity index (χ2n) is 2.74. The van der Waals surface area contributed by atoms with E-state index in [1.165, 1.54) is 0 Å². The Bertz CT molecular complexity index is 387. The molecule has 0 saturated heterocycles. The van der Waals surface area contributed by atoms with E-state index >= 15 is 0 Å². The lowest BCUT2D eigenvalue weighted by molar-refractivity contribution is 0.606. The first-order valence-corrected chi connectivity index (χ1v) is 5.68. The molecule has 0 aliphatic heterocycles. The van der Waals surface area contributed by atoms with Crippen LogP contribution in [-0.2, 0) is 16.6 Å². The Morgan fingerprint density at radius 2 is 2.00 bits per heavy atom. The molecule has 5 heteroatoms. The third-order valence-electron chi connectivity index (χ3n) is 1.53. The predicted molar refractivity (Wildman–Crippen MR) is 52.8 cm³/mol. The maximum absolute atomic E-state index is 10.9. The van der Waals surface area contributed by atoms with Crippen molar-refractivity contribution in [2.24, 2.45) is 5.73 Å². The molecule has 0 spiro atoms. The van der Waals surface area contributed by atoms with Gasteiger partial charge in [-0.1, -0.05) is 18.2 Å². The largest absolute Gasteiger partial charge is 0.326 e. The van der Waals surface area contributed by atoms with Crippen molar-refractivity contribution >= 4 is 15.7 Å². The molecule has 0 heterocycles. The van der Waals surface area contributed by atoms with Crippen LogP contribution in [0.5, 0.6) is 0 Å². The van der Waals surface area contributed by atoms with Crippen LogP contribution in [0.1, 0.15) is 5.56 Å². The summed E-state index contributed by atoms with van der Waals surface area (Å²) in [4.78, 5) is 0. The van der Waals surface area contributed by atoms with Crippen LogP contribution in [0.25, 0.3) is 0 Å². The highest BCUT2D eigenvalue weighted by Gasteiger charge is 2.04. The molecule has 0 saturated carbocycles. The summed E-state index contributed by atoms with van der Waals surface area (Å²) >= 11 is 0. The van der Waals surface area contributed by atoms with Gasteiger partial charge < -0.3 is 5.73 Å². The number of nitrogens with two attached hydrogens (primary N) is 1. The van der Waals surface area contributed by atoms with Crippen molar-refractivity contribution in [1.29, 1.82) is 0 Å². The lowest BCUT2D eigenvalue weighted by Crippen LogP contribution is -2.12. The van der Waals surface area contributed by atoms with Gasteiger partial charge in [0.05, 0.1) is 11.9 Å². The van der Waals surface area contributed by atoms with Crippen LogP contribution in [0.4, 0.5) is 5.69 Å². The molecule has 3 N–H and O–H groups in total. The molecule has 0 aliphatic rings. The summed E-state index contributed by atoms with van der Waals surface area (Å²) in [6, 6.07) is 7.04. The Morgan fingerprint density at radius 1 is 1.38 bits per heavy atom. The minimum atomic E-state index is -3.22. The van der Waals surface area contributed by atoms with E-state index in [1.807, 2.05) is 6.07 Å². The van der Waals surface area contributed by atoms with Gasteiger partial charge in [-0.2, -0.15) is 0 Å². The second-order valence-corrected chi connectivity index (χ2v) is 4.48. The number of rotatable bonds is 3. The van der Waals surface area contributed by atoms with Crippen LogP contribution in [0.2, 0.25) is 0 Å². The van der Waals surface area contributed by atoms with Crippen LogP contribution in [0, 0.1) is 0 Å². The lowest BCUT2D eigenvalue weighted by atomic mass is 10.2. The van der Waals surface area contributed by atoms with E-state index in [1.54, 1.807) is 18.2 Å². The standard InChI is InChI=1S/C8H12N2O2S/c1-13(11,12)10-8-5-3-2-4-7(8)6-9/h2-5,10H,6,9H2,1H3. The summed E-state index contributed by atoms with van der Waals surface area (Å²) in [5.41, 5.74) is 6.77. The van der Waals surface area contributed by atoms with Gasteiger partial charge in [0.2, 0.25) is 10.0 Å². The number of anilines is 1. The van der Waals surface area contributed by atoms with E-state index < -0.39 is 10.0 Å². The van der Waals surface area contributed by atoms with E-state index in [4.69, 9.17) is 5.73 Å². The summed E-state index contributed by atoms with van der Waals surface area (Å²) in [6.07, 6.45) is 1.11. The van der Waals surface area contributed by atoms with Crippen LogP contribution in [0.15, 0.2) is 24.3 Å². The van der Waals surface area contributed by atoms with Crippen molar-refractivity contribution in [3.05, 3.63) is 29.8 Å². The van der Waals surface area contributed by atoms with E-state index in [9.17, 15) is 8.42 Å². The van der Waals surface area contributed by atoms with Crippen LogP contribution in [-0.4, -0.2) is 14.7 Å². The van der Waals surface area contributed by atoms with Gasteiger partial charge in [-0.05, 0) is 11.6 Å². The fraction of sp³-hybridized carbons (Fsp3) is 0.250. The zero-order valence-corrected chi connectivity index (χ0v) is 8.14. The minimum absolute atomic E-state index is 0.318. The lowest BCUT2D eigenvalue weighted by Gasteiger charge is -2.07. The van der Waals surface area contributed by atoms with Gasteiger partial charge >= 0.3 is 0 Å². The predicted octanol–water partition coefficient (Wildman–Crippen LogP) is 0.517. The summed E-state index contributed by atoms with van der Waals surface area (Å²) in [6.45, 7) is 0.318. The molecule has 0 bridgehead atoms. The topological polar surface area (TPSA) is 72.2 Å². The quantitative estimate of drug-likeness (QED) is 0.747. The summed E-state index contributed by atoms with van der Waals surface area (Å²) < 4.78 is 24.2. The Labute approximate surface area is 77.8 Å². The molecule has 0 aromatic heterocycles. The van der Waals surface area contributed by atoms with Gasteiger partial charge in [-0.25, -0.2) is 8.42 Å². The molecule has 0 amide bonds. The van der Waals surface area contributed by atoms with Crippen molar-refractivity contribution < 1.29 is 8.42 Å². The molecule has 0 fully saturated rings. The fourth-order valence-electron chi connectivity index (χ4n) is 0.998. The average molecular weight is 200 g/mol. The number of sulfonamides is 1. The maximum atomic E-state index is 10.9. The normalized spacial score (nSPS) is 11.2. The summed E-state index contributed by atoms with van der Waals surface area (Å²) in [5.74, 6) is 0. The highest BCUT2D eigenvalue weighted by atomic mass is 32.2. The van der Waals surface area contributed by atoms with Gasteiger partial charge in [0.25, 0.3) is 0 Å². The van der Waals surface area contributed by atoms with Gasteiger partial charge in [0.15, 0.2) is 0 Å².